The van der Waals surface area contributed by atoms with E-state index in [-0.39, 0.29) is 17.5 Å². The number of hydrogen-bond donors (Lipinski definition) is 2. The van der Waals surface area contributed by atoms with Crippen LogP contribution in [0.15, 0.2) is 24.3 Å². The predicted molar refractivity (Wildman–Crippen MR) is 64.5 cm³/mol. The molecule has 7 nitrogen and oxygen atoms in total. The molecule has 3 rings (SSSR count). The Hall–Kier alpha value is -2.54. The Morgan fingerprint density at radius 1 is 1.00 bits per heavy atom. The lowest BCUT2D eigenvalue weighted by atomic mass is 10.0. The monoisotopic (exact) mass is 274 g/mol. The molecule has 2 heterocycles. The molecule has 0 saturated carbocycles. The zero-order valence-electron chi connectivity index (χ0n) is 10.2. The van der Waals surface area contributed by atoms with Crippen LogP contribution in [0.25, 0.3) is 0 Å². The largest absolute Gasteiger partial charge is 0.383 e. The summed E-state index contributed by atoms with van der Waals surface area (Å²) in [5, 5.41) is 11.5. The number of piperidine rings is 1. The van der Waals surface area contributed by atoms with Gasteiger partial charge in [0.05, 0.1) is 11.1 Å². The van der Waals surface area contributed by atoms with E-state index in [1.807, 2.05) is 5.32 Å². The lowest BCUT2D eigenvalue weighted by Gasteiger charge is -2.30. The topological polar surface area (TPSA) is 104 Å². The van der Waals surface area contributed by atoms with Crippen LogP contribution in [0, 0.1) is 0 Å². The van der Waals surface area contributed by atoms with Crippen LogP contribution < -0.4 is 5.32 Å². The molecule has 2 aliphatic rings. The smallest absolute Gasteiger partial charge is 0.262 e. The zero-order chi connectivity index (χ0) is 14.4. The first-order chi connectivity index (χ1) is 9.50. The summed E-state index contributed by atoms with van der Waals surface area (Å²) in [5.74, 6) is -2.75. The average molecular weight is 274 g/mol. The number of carbonyl (C=O) groups excluding carboxylic acids is 4. The Morgan fingerprint density at radius 3 is 2.10 bits per heavy atom. The third-order valence-electron chi connectivity index (χ3n) is 3.44. The molecule has 0 aliphatic carbocycles. The Balaban J connectivity index is 1.97. The van der Waals surface area contributed by atoms with E-state index in [2.05, 4.69) is 0 Å². The minimum Gasteiger partial charge on any atom is -0.383 e. The Labute approximate surface area is 113 Å². The molecule has 0 spiro atoms. The third kappa shape index (κ3) is 1.64. The van der Waals surface area contributed by atoms with Crippen molar-refractivity contribution in [1.82, 2.24) is 10.2 Å². The highest BCUT2D eigenvalue weighted by Gasteiger charge is 2.46. The molecule has 0 unspecified atom stereocenters. The lowest BCUT2D eigenvalue weighted by molar-refractivity contribution is -0.143. The van der Waals surface area contributed by atoms with Crippen LogP contribution in [-0.4, -0.2) is 45.8 Å². The maximum Gasteiger partial charge on any atom is 0.262 e. The van der Waals surface area contributed by atoms with Crippen molar-refractivity contribution in [1.29, 1.82) is 0 Å². The van der Waals surface area contributed by atoms with Crippen LogP contribution in [-0.2, 0) is 9.59 Å². The molecule has 0 radical (unpaired) electrons. The van der Waals surface area contributed by atoms with Gasteiger partial charge in [0.1, 0.15) is 12.1 Å². The number of imide groups is 2. The maximum absolute atomic E-state index is 12.2. The van der Waals surface area contributed by atoms with Crippen molar-refractivity contribution in [2.75, 3.05) is 0 Å². The first kappa shape index (κ1) is 12.5. The van der Waals surface area contributed by atoms with Gasteiger partial charge in [0, 0.05) is 6.42 Å². The Morgan fingerprint density at radius 2 is 1.55 bits per heavy atom. The molecular weight excluding hydrogens is 264 g/mol. The molecule has 1 saturated heterocycles. The zero-order valence-corrected chi connectivity index (χ0v) is 10.2. The number of carbonyl (C=O) groups is 4. The fourth-order valence-corrected chi connectivity index (χ4v) is 2.43. The standard InChI is InChI=1S/C13H10N2O5/c16-9-5-8(10(17)14-11(9)18)15-12(19)6-3-1-2-4-7(6)13(15)20/h1-4,8-9,16H,5H2,(H,14,17,18)/t8-,9+/m1/s1. The van der Waals surface area contributed by atoms with Crippen LogP contribution in [0.2, 0.25) is 0 Å². The van der Waals surface area contributed by atoms with E-state index in [1.54, 1.807) is 12.1 Å². The van der Waals surface area contributed by atoms with Crippen molar-refractivity contribution >= 4 is 23.6 Å². The molecule has 2 atom stereocenters. The van der Waals surface area contributed by atoms with Crippen molar-refractivity contribution < 1.29 is 24.3 Å². The van der Waals surface area contributed by atoms with Gasteiger partial charge in [0.2, 0.25) is 5.91 Å². The SMILES string of the molecule is O=C1NC(=O)[C@@H](O)C[C@H]1N1C(=O)c2ccccc2C1=O. The molecule has 0 bridgehead atoms. The van der Waals surface area contributed by atoms with Gasteiger partial charge in [0.15, 0.2) is 0 Å². The molecule has 7 heteroatoms. The third-order valence-corrected chi connectivity index (χ3v) is 3.44. The number of rotatable bonds is 1. The molecule has 20 heavy (non-hydrogen) atoms. The first-order valence-corrected chi connectivity index (χ1v) is 6.00. The van der Waals surface area contributed by atoms with E-state index in [4.69, 9.17) is 0 Å². The van der Waals surface area contributed by atoms with Crippen molar-refractivity contribution in [3.05, 3.63) is 35.4 Å². The number of fused-ring (bicyclic) bond motifs is 1. The van der Waals surface area contributed by atoms with Gasteiger partial charge in [-0.15, -0.1) is 0 Å². The highest BCUT2D eigenvalue weighted by Crippen LogP contribution is 2.27. The molecule has 2 N–H and O–H groups in total. The van der Waals surface area contributed by atoms with E-state index in [1.165, 1.54) is 12.1 Å². The average Bonchev–Trinajstić information content (AvgIpc) is 2.68. The van der Waals surface area contributed by atoms with Gasteiger partial charge >= 0.3 is 0 Å². The van der Waals surface area contributed by atoms with Gasteiger partial charge in [-0.05, 0) is 12.1 Å². The summed E-state index contributed by atoms with van der Waals surface area (Å²) in [6.07, 6.45) is -1.70. The van der Waals surface area contributed by atoms with Gasteiger partial charge in [0.25, 0.3) is 17.7 Å². The second kappa shape index (κ2) is 4.24. The van der Waals surface area contributed by atoms with E-state index >= 15 is 0 Å². The quantitative estimate of drug-likeness (QED) is 0.643. The van der Waals surface area contributed by atoms with Crippen LogP contribution in [0.1, 0.15) is 27.1 Å². The van der Waals surface area contributed by atoms with Crippen LogP contribution in [0.5, 0.6) is 0 Å². The molecule has 1 aromatic rings. The molecule has 1 fully saturated rings. The minimum atomic E-state index is -1.41. The van der Waals surface area contributed by atoms with Gasteiger partial charge in [-0.3, -0.25) is 29.4 Å². The second-order valence-electron chi connectivity index (χ2n) is 4.65. The highest BCUT2D eigenvalue weighted by molar-refractivity contribution is 6.23. The number of aliphatic hydroxyl groups excluding tert-OH is 1. The molecular formula is C13H10N2O5. The Bertz CT molecular complexity index is 619. The highest BCUT2D eigenvalue weighted by atomic mass is 16.3. The number of hydrogen-bond acceptors (Lipinski definition) is 5. The Kier molecular flexibility index (Phi) is 2.65. The van der Waals surface area contributed by atoms with Crippen molar-refractivity contribution in [2.45, 2.75) is 18.6 Å². The van der Waals surface area contributed by atoms with Crippen molar-refractivity contribution in [3.8, 4) is 0 Å². The summed E-state index contributed by atoms with van der Waals surface area (Å²) in [7, 11) is 0. The predicted octanol–water partition coefficient (Wildman–Crippen LogP) is -0.941. The van der Waals surface area contributed by atoms with Crippen LogP contribution >= 0.6 is 0 Å². The summed E-state index contributed by atoms with van der Waals surface area (Å²) in [5.41, 5.74) is 0.438. The number of nitrogens with one attached hydrogen (secondary N) is 1. The van der Waals surface area contributed by atoms with E-state index in [9.17, 15) is 24.3 Å². The van der Waals surface area contributed by atoms with E-state index in [0.717, 1.165) is 4.90 Å². The van der Waals surface area contributed by atoms with Gasteiger partial charge in [-0.25, -0.2) is 0 Å². The molecule has 102 valence electrons. The molecule has 1 aromatic carbocycles. The normalized spacial score (nSPS) is 25.8. The number of benzene rings is 1. The van der Waals surface area contributed by atoms with Gasteiger partial charge in [-0.1, -0.05) is 12.1 Å². The fraction of sp³-hybridized carbons (Fsp3) is 0.231. The number of aliphatic hydroxyl groups is 1. The number of amides is 4. The van der Waals surface area contributed by atoms with Crippen LogP contribution in [0.3, 0.4) is 0 Å². The first-order valence-electron chi connectivity index (χ1n) is 6.00. The molecule has 2 aliphatic heterocycles. The molecule has 4 amide bonds. The van der Waals surface area contributed by atoms with E-state index < -0.39 is 35.8 Å². The van der Waals surface area contributed by atoms with Crippen LogP contribution in [0.4, 0.5) is 0 Å². The summed E-state index contributed by atoms with van der Waals surface area (Å²) in [6, 6.07) is 5.06. The lowest BCUT2D eigenvalue weighted by Crippen LogP contribution is -2.58. The summed E-state index contributed by atoms with van der Waals surface area (Å²) in [6.45, 7) is 0. The van der Waals surface area contributed by atoms with Gasteiger partial charge < -0.3 is 5.11 Å². The second-order valence-corrected chi connectivity index (χ2v) is 4.65. The fourth-order valence-electron chi connectivity index (χ4n) is 2.43. The van der Waals surface area contributed by atoms with E-state index in [0.29, 0.717) is 0 Å². The van der Waals surface area contributed by atoms with Crippen molar-refractivity contribution in [2.24, 2.45) is 0 Å². The molecule has 0 aromatic heterocycles. The summed E-state index contributed by atoms with van der Waals surface area (Å²) < 4.78 is 0. The minimum absolute atomic E-state index is 0.219. The van der Waals surface area contributed by atoms with Gasteiger partial charge in [-0.2, -0.15) is 0 Å². The maximum atomic E-state index is 12.2. The summed E-state index contributed by atoms with van der Waals surface area (Å²) >= 11 is 0. The van der Waals surface area contributed by atoms with Crippen molar-refractivity contribution in [3.63, 3.8) is 0 Å². The number of nitrogens with zero attached hydrogens (tertiary/aromatic N) is 1. The summed E-state index contributed by atoms with van der Waals surface area (Å²) in [4.78, 5) is 48.2.